The van der Waals surface area contributed by atoms with Gasteiger partial charge in [0.25, 0.3) is 5.91 Å². The van der Waals surface area contributed by atoms with Crippen molar-refractivity contribution in [1.82, 2.24) is 10.3 Å². The monoisotopic (exact) mass is 395 g/mol. The van der Waals surface area contributed by atoms with Crippen LogP contribution < -0.4 is 21.3 Å². The van der Waals surface area contributed by atoms with Gasteiger partial charge >= 0.3 is 0 Å². The molecule has 2 aromatic rings. The Morgan fingerprint density at radius 1 is 1.24 bits per heavy atom. The number of rotatable bonds is 6. The Kier molecular flexibility index (Phi) is 6.27. The first-order valence-corrected chi connectivity index (χ1v) is 10.4. The zero-order valence-electron chi connectivity index (χ0n) is 16.7. The second kappa shape index (κ2) is 9.24. The minimum atomic E-state index is -0.460. The van der Waals surface area contributed by atoms with Gasteiger partial charge in [-0.15, -0.1) is 0 Å². The summed E-state index contributed by atoms with van der Waals surface area (Å²) in [6.45, 7) is 6.10. The van der Waals surface area contributed by atoms with Crippen molar-refractivity contribution in [2.75, 3.05) is 56.2 Å². The van der Waals surface area contributed by atoms with Crippen molar-refractivity contribution >= 4 is 17.3 Å². The molecule has 0 unspecified atom stereocenters. The van der Waals surface area contributed by atoms with E-state index in [1.54, 1.807) is 6.20 Å². The summed E-state index contributed by atoms with van der Waals surface area (Å²) in [4.78, 5) is 19.2. The summed E-state index contributed by atoms with van der Waals surface area (Å²) in [5.41, 5.74) is 9.64. The highest BCUT2D eigenvalue weighted by molar-refractivity contribution is 6.04. The van der Waals surface area contributed by atoms with Crippen LogP contribution in [0.1, 0.15) is 23.2 Å². The smallest absolute Gasteiger partial charge is 0.253 e. The normalized spacial score (nSPS) is 17.9. The molecule has 0 saturated carbocycles. The first-order valence-electron chi connectivity index (χ1n) is 10.4. The lowest BCUT2D eigenvalue weighted by atomic mass is 9.97. The number of nitrogens with one attached hydrogen (secondary N) is 2. The molecule has 0 spiro atoms. The summed E-state index contributed by atoms with van der Waals surface area (Å²) in [7, 11) is 0. The number of nitrogens with two attached hydrogens (primary N) is 1. The number of anilines is 2. The van der Waals surface area contributed by atoms with Crippen LogP contribution in [0.4, 0.5) is 11.4 Å². The van der Waals surface area contributed by atoms with Crippen molar-refractivity contribution in [3.05, 3.63) is 42.1 Å². The number of nitrogens with zero attached hydrogens (tertiary/aromatic N) is 2. The van der Waals surface area contributed by atoms with Gasteiger partial charge in [-0.05, 0) is 50.0 Å². The SMILES string of the molecule is NC(=O)c1c(NCC2CCNCC2)ccnc1-c1cccc(N2CCOCC2)c1. The average Bonchev–Trinajstić information content (AvgIpc) is 2.78. The molecule has 7 nitrogen and oxygen atoms in total. The fraction of sp³-hybridized carbons (Fsp3) is 0.455. The fourth-order valence-electron chi connectivity index (χ4n) is 4.09. The number of amides is 1. The number of hydrogen-bond acceptors (Lipinski definition) is 6. The van der Waals surface area contributed by atoms with E-state index in [4.69, 9.17) is 10.5 Å². The van der Waals surface area contributed by atoms with Crippen molar-refractivity contribution in [3.8, 4) is 11.3 Å². The van der Waals surface area contributed by atoms with Crippen LogP contribution in [0, 0.1) is 5.92 Å². The quantitative estimate of drug-likeness (QED) is 0.694. The van der Waals surface area contributed by atoms with E-state index in [1.165, 1.54) is 0 Å². The van der Waals surface area contributed by atoms with Gasteiger partial charge in [0.05, 0.1) is 30.2 Å². The molecule has 4 N–H and O–H groups in total. The fourth-order valence-corrected chi connectivity index (χ4v) is 4.09. The molecule has 2 aliphatic heterocycles. The molecular formula is C22H29N5O2. The van der Waals surface area contributed by atoms with Crippen molar-refractivity contribution in [2.24, 2.45) is 11.7 Å². The predicted molar refractivity (Wildman–Crippen MR) is 115 cm³/mol. The largest absolute Gasteiger partial charge is 0.384 e. The Hall–Kier alpha value is -2.64. The standard InChI is InChI=1S/C22H29N5O2/c23-22(28)20-19(26-15-16-4-7-24-8-5-16)6-9-25-21(20)17-2-1-3-18(14-17)27-10-12-29-13-11-27/h1-3,6,9,14,16,24H,4-5,7-8,10-13,15H2,(H2,23,28)(H,25,26). The van der Waals surface area contributed by atoms with Crippen molar-refractivity contribution in [1.29, 1.82) is 0 Å². The van der Waals surface area contributed by atoms with E-state index in [1.807, 2.05) is 18.2 Å². The van der Waals surface area contributed by atoms with Crippen LogP contribution in [0.3, 0.4) is 0 Å². The molecule has 0 aliphatic carbocycles. The lowest BCUT2D eigenvalue weighted by Crippen LogP contribution is -2.36. The summed E-state index contributed by atoms with van der Waals surface area (Å²) in [5, 5.41) is 6.84. The van der Waals surface area contributed by atoms with Gasteiger partial charge in [-0.25, -0.2) is 0 Å². The minimum Gasteiger partial charge on any atom is -0.384 e. The van der Waals surface area contributed by atoms with Crippen molar-refractivity contribution in [3.63, 3.8) is 0 Å². The number of carbonyl (C=O) groups excluding carboxylic acids is 1. The molecule has 2 aliphatic rings. The Morgan fingerprint density at radius 3 is 2.79 bits per heavy atom. The summed E-state index contributed by atoms with van der Waals surface area (Å²) in [5.74, 6) is 0.135. The topological polar surface area (TPSA) is 92.5 Å². The van der Waals surface area contributed by atoms with Gasteiger partial charge in [0.1, 0.15) is 0 Å². The second-order valence-electron chi connectivity index (χ2n) is 7.67. The van der Waals surface area contributed by atoms with Crippen LogP contribution in [-0.4, -0.2) is 56.8 Å². The van der Waals surface area contributed by atoms with E-state index in [9.17, 15) is 4.79 Å². The van der Waals surface area contributed by atoms with Crippen LogP contribution in [0.25, 0.3) is 11.3 Å². The highest BCUT2D eigenvalue weighted by Gasteiger charge is 2.20. The summed E-state index contributed by atoms with van der Waals surface area (Å²) in [6, 6.07) is 9.99. The van der Waals surface area contributed by atoms with Gasteiger partial charge < -0.3 is 26.0 Å². The van der Waals surface area contributed by atoms with E-state index in [2.05, 4.69) is 32.7 Å². The van der Waals surface area contributed by atoms with Gasteiger partial charge in [-0.3, -0.25) is 9.78 Å². The number of ether oxygens (including phenoxy) is 1. The maximum Gasteiger partial charge on any atom is 0.253 e. The summed E-state index contributed by atoms with van der Waals surface area (Å²) in [6.07, 6.45) is 4.02. The van der Waals surface area contributed by atoms with Gasteiger partial charge in [-0.1, -0.05) is 12.1 Å². The molecule has 154 valence electrons. The lowest BCUT2D eigenvalue weighted by Gasteiger charge is -2.29. The van der Waals surface area contributed by atoms with Gasteiger partial charge in [-0.2, -0.15) is 0 Å². The van der Waals surface area contributed by atoms with Crippen molar-refractivity contribution in [2.45, 2.75) is 12.8 Å². The number of morpholine rings is 1. The first kappa shape index (κ1) is 19.7. The zero-order chi connectivity index (χ0) is 20.1. The molecule has 1 amide bonds. The molecule has 1 aromatic heterocycles. The van der Waals surface area contributed by atoms with E-state index in [0.29, 0.717) is 17.2 Å². The highest BCUT2D eigenvalue weighted by Crippen LogP contribution is 2.30. The number of hydrogen-bond donors (Lipinski definition) is 3. The van der Waals surface area contributed by atoms with Crippen molar-refractivity contribution < 1.29 is 9.53 Å². The van der Waals surface area contributed by atoms with Crippen LogP contribution in [0.5, 0.6) is 0 Å². The molecule has 1 aromatic carbocycles. The van der Waals surface area contributed by atoms with Crippen LogP contribution in [-0.2, 0) is 4.74 Å². The maximum atomic E-state index is 12.4. The molecule has 0 bridgehead atoms. The number of carbonyl (C=O) groups is 1. The molecule has 3 heterocycles. The third kappa shape index (κ3) is 4.68. The number of pyridine rings is 1. The van der Waals surface area contributed by atoms with E-state index in [0.717, 1.165) is 75.7 Å². The third-order valence-electron chi connectivity index (χ3n) is 5.73. The molecule has 0 atom stereocenters. The van der Waals surface area contributed by atoms with E-state index >= 15 is 0 Å². The molecular weight excluding hydrogens is 366 g/mol. The van der Waals surface area contributed by atoms with E-state index < -0.39 is 5.91 Å². The highest BCUT2D eigenvalue weighted by atomic mass is 16.5. The molecule has 4 rings (SSSR count). The van der Waals surface area contributed by atoms with E-state index in [-0.39, 0.29) is 0 Å². The summed E-state index contributed by atoms with van der Waals surface area (Å²) >= 11 is 0. The van der Waals surface area contributed by atoms with Gasteiger partial charge in [0.2, 0.25) is 0 Å². The minimum absolute atomic E-state index is 0.459. The van der Waals surface area contributed by atoms with Gasteiger partial charge in [0.15, 0.2) is 0 Å². The Morgan fingerprint density at radius 2 is 2.03 bits per heavy atom. The number of benzene rings is 1. The number of piperidine rings is 1. The first-order chi connectivity index (χ1) is 14.2. The van der Waals surface area contributed by atoms with Crippen LogP contribution in [0.2, 0.25) is 0 Å². The molecule has 2 fully saturated rings. The average molecular weight is 396 g/mol. The Bertz CT molecular complexity index is 845. The molecule has 0 radical (unpaired) electrons. The zero-order valence-corrected chi connectivity index (χ0v) is 16.7. The predicted octanol–water partition coefficient (Wildman–Crippen LogP) is 2.10. The number of aromatic nitrogens is 1. The molecule has 29 heavy (non-hydrogen) atoms. The van der Waals surface area contributed by atoms with Gasteiger partial charge in [0, 0.05) is 37.1 Å². The van der Waals surface area contributed by atoms with Crippen LogP contribution in [0.15, 0.2) is 36.5 Å². The molecule has 2 saturated heterocycles. The second-order valence-corrected chi connectivity index (χ2v) is 7.67. The third-order valence-corrected chi connectivity index (χ3v) is 5.73. The Labute approximate surface area is 171 Å². The van der Waals surface area contributed by atoms with Crippen LogP contribution >= 0.6 is 0 Å². The molecule has 7 heteroatoms. The maximum absolute atomic E-state index is 12.4. The number of primary amides is 1. The Balaban J connectivity index is 1.60. The lowest BCUT2D eigenvalue weighted by molar-refractivity contribution is 0.100. The summed E-state index contributed by atoms with van der Waals surface area (Å²) < 4.78 is 5.45.